The van der Waals surface area contributed by atoms with Crippen molar-refractivity contribution in [2.24, 2.45) is 16.7 Å². The minimum Gasteiger partial charge on any atom is -0.351 e. The van der Waals surface area contributed by atoms with Gasteiger partial charge in [0.2, 0.25) is 5.91 Å². The molecule has 0 radical (unpaired) electrons. The number of carbonyl (C=O) groups excluding carboxylic acids is 1. The first-order valence-electron chi connectivity index (χ1n) is 7.35. The van der Waals surface area contributed by atoms with Gasteiger partial charge in [-0.1, -0.05) is 31.5 Å². The number of nitrogens with one attached hydrogen (secondary N) is 2. The molecule has 1 aliphatic carbocycles. The Hall–Kier alpha value is -0.540. The zero-order chi connectivity index (χ0) is 13.7. The van der Waals surface area contributed by atoms with Gasteiger partial charge in [0, 0.05) is 11.1 Å². The number of carbonyl (C=O) groups is 1. The molecule has 2 saturated heterocycles. The highest BCUT2D eigenvalue weighted by atomic mass is 35.5. The lowest BCUT2D eigenvalue weighted by molar-refractivity contribution is -0.159. The predicted octanol–water partition coefficient (Wildman–Crippen LogP) is 2.41. The molecule has 0 aromatic carbocycles. The Morgan fingerprint density at radius 2 is 2.05 bits per heavy atom. The fourth-order valence-corrected chi connectivity index (χ4v) is 4.50. The number of piperidine rings is 1. The highest BCUT2D eigenvalue weighted by Gasteiger charge is 2.62. The molecule has 3 atom stereocenters. The minimum absolute atomic E-state index is 0.119. The smallest absolute Gasteiger partial charge is 0.228 e. The summed E-state index contributed by atoms with van der Waals surface area (Å²) in [5.41, 5.74) is 0.0234. The summed E-state index contributed by atoms with van der Waals surface area (Å²) in [5, 5.41) is 7.57. The third kappa shape index (κ3) is 1.85. The number of β-lactam (4-membered cyclic amide) rings is 1. The molecule has 0 bridgehead atoms. The Kier molecular flexibility index (Phi) is 3.18. The zero-order valence-electron chi connectivity index (χ0n) is 11.8. The lowest BCUT2D eigenvalue weighted by Crippen LogP contribution is -2.75. The quantitative estimate of drug-likeness (QED) is 0.725. The van der Waals surface area contributed by atoms with Gasteiger partial charge in [-0.25, -0.2) is 0 Å². The number of amides is 1. The SMILES string of the molecule is CC1CC(Cl)=CCC1(C)C1NC(=O)C12CCNCC2. The first-order valence-corrected chi connectivity index (χ1v) is 7.73. The van der Waals surface area contributed by atoms with E-state index in [2.05, 4.69) is 30.6 Å². The first kappa shape index (κ1) is 13.4. The fourth-order valence-electron chi connectivity index (χ4n) is 4.19. The van der Waals surface area contributed by atoms with E-state index in [0.717, 1.165) is 43.8 Å². The van der Waals surface area contributed by atoms with Crippen LogP contribution in [0.15, 0.2) is 11.1 Å². The highest BCUT2D eigenvalue weighted by molar-refractivity contribution is 6.29. The van der Waals surface area contributed by atoms with Crippen molar-refractivity contribution in [3.63, 3.8) is 0 Å². The van der Waals surface area contributed by atoms with Crippen LogP contribution in [0.25, 0.3) is 0 Å². The molecule has 1 spiro atoms. The summed E-state index contributed by atoms with van der Waals surface area (Å²) >= 11 is 6.17. The van der Waals surface area contributed by atoms with E-state index < -0.39 is 0 Å². The highest BCUT2D eigenvalue weighted by Crippen LogP contribution is 2.54. The average molecular weight is 283 g/mol. The summed E-state index contributed by atoms with van der Waals surface area (Å²) in [7, 11) is 0. The fraction of sp³-hybridized carbons (Fsp3) is 0.800. The van der Waals surface area contributed by atoms with Crippen molar-refractivity contribution in [1.29, 1.82) is 0 Å². The summed E-state index contributed by atoms with van der Waals surface area (Å²) in [4.78, 5) is 12.2. The van der Waals surface area contributed by atoms with Crippen molar-refractivity contribution in [3.8, 4) is 0 Å². The molecule has 3 rings (SSSR count). The maximum absolute atomic E-state index is 12.2. The van der Waals surface area contributed by atoms with Crippen molar-refractivity contribution in [2.45, 2.75) is 45.6 Å². The van der Waals surface area contributed by atoms with E-state index in [1.165, 1.54) is 0 Å². The van der Waals surface area contributed by atoms with E-state index in [4.69, 9.17) is 11.6 Å². The molecule has 0 aromatic rings. The van der Waals surface area contributed by atoms with Gasteiger partial charge in [-0.15, -0.1) is 0 Å². The van der Waals surface area contributed by atoms with Gasteiger partial charge in [0.1, 0.15) is 0 Å². The van der Waals surface area contributed by atoms with Crippen LogP contribution in [0.3, 0.4) is 0 Å². The normalized spacial score (nSPS) is 41.4. The van der Waals surface area contributed by atoms with Crippen LogP contribution in [0, 0.1) is 16.7 Å². The standard InChI is InChI=1S/C15H23ClN2O/c1-10-9-11(16)3-4-14(10,2)12-15(13(19)18-12)5-7-17-8-6-15/h3,10,12,17H,4-9H2,1-2H3,(H,18,19). The van der Waals surface area contributed by atoms with Gasteiger partial charge in [-0.3, -0.25) is 4.79 Å². The first-order chi connectivity index (χ1) is 8.99. The van der Waals surface area contributed by atoms with Crippen molar-refractivity contribution < 1.29 is 4.79 Å². The molecule has 19 heavy (non-hydrogen) atoms. The van der Waals surface area contributed by atoms with E-state index in [-0.39, 0.29) is 16.7 Å². The number of hydrogen-bond acceptors (Lipinski definition) is 2. The van der Waals surface area contributed by atoms with Gasteiger partial charge in [-0.2, -0.15) is 0 Å². The van der Waals surface area contributed by atoms with E-state index in [9.17, 15) is 4.79 Å². The Morgan fingerprint density at radius 3 is 2.63 bits per heavy atom. The molecule has 2 aliphatic heterocycles. The van der Waals surface area contributed by atoms with Crippen LogP contribution in [0.5, 0.6) is 0 Å². The molecule has 106 valence electrons. The molecule has 0 saturated carbocycles. The van der Waals surface area contributed by atoms with E-state index in [0.29, 0.717) is 12.0 Å². The second-order valence-electron chi connectivity index (χ2n) is 6.78. The van der Waals surface area contributed by atoms with E-state index in [1.54, 1.807) is 0 Å². The van der Waals surface area contributed by atoms with Gasteiger partial charge in [0.05, 0.1) is 5.41 Å². The molecular weight excluding hydrogens is 260 g/mol. The molecule has 2 heterocycles. The van der Waals surface area contributed by atoms with Crippen LogP contribution in [0.1, 0.15) is 39.5 Å². The summed E-state index contributed by atoms with van der Waals surface area (Å²) in [5.74, 6) is 0.787. The largest absolute Gasteiger partial charge is 0.351 e. The second kappa shape index (κ2) is 4.49. The Balaban J connectivity index is 1.87. The Labute approximate surface area is 120 Å². The van der Waals surface area contributed by atoms with Crippen LogP contribution in [-0.4, -0.2) is 25.0 Å². The van der Waals surface area contributed by atoms with Gasteiger partial charge in [-0.05, 0) is 50.1 Å². The van der Waals surface area contributed by atoms with Gasteiger partial charge >= 0.3 is 0 Å². The van der Waals surface area contributed by atoms with Crippen LogP contribution in [-0.2, 0) is 4.79 Å². The summed E-state index contributed by atoms with van der Waals surface area (Å²) in [6, 6.07) is 0.311. The van der Waals surface area contributed by atoms with Crippen molar-refractivity contribution in [2.75, 3.05) is 13.1 Å². The van der Waals surface area contributed by atoms with Gasteiger partial charge < -0.3 is 10.6 Å². The number of allylic oxidation sites excluding steroid dienone is 2. The second-order valence-corrected chi connectivity index (χ2v) is 7.26. The Bertz CT molecular complexity index is 428. The predicted molar refractivity (Wildman–Crippen MR) is 76.9 cm³/mol. The molecule has 2 N–H and O–H groups in total. The molecule has 1 amide bonds. The minimum atomic E-state index is -0.119. The van der Waals surface area contributed by atoms with E-state index >= 15 is 0 Å². The van der Waals surface area contributed by atoms with Crippen LogP contribution < -0.4 is 10.6 Å². The summed E-state index contributed by atoms with van der Waals surface area (Å²) in [6.07, 6.45) is 6.03. The number of rotatable bonds is 1. The molecule has 3 aliphatic rings. The molecular formula is C15H23ClN2O. The van der Waals surface area contributed by atoms with Crippen LogP contribution in [0.2, 0.25) is 0 Å². The molecule has 3 unspecified atom stereocenters. The Morgan fingerprint density at radius 1 is 1.37 bits per heavy atom. The summed E-state index contributed by atoms with van der Waals surface area (Å²) in [6.45, 7) is 6.52. The molecule has 0 aromatic heterocycles. The van der Waals surface area contributed by atoms with Crippen molar-refractivity contribution in [3.05, 3.63) is 11.1 Å². The monoisotopic (exact) mass is 282 g/mol. The van der Waals surface area contributed by atoms with Gasteiger partial charge in [0.25, 0.3) is 0 Å². The number of hydrogen-bond donors (Lipinski definition) is 2. The van der Waals surface area contributed by atoms with Crippen LogP contribution in [0.4, 0.5) is 0 Å². The summed E-state index contributed by atoms with van der Waals surface area (Å²) < 4.78 is 0. The molecule has 4 heteroatoms. The van der Waals surface area contributed by atoms with Crippen molar-refractivity contribution >= 4 is 17.5 Å². The lowest BCUT2D eigenvalue weighted by Gasteiger charge is -2.60. The number of halogens is 1. The maximum Gasteiger partial charge on any atom is 0.228 e. The lowest BCUT2D eigenvalue weighted by atomic mass is 9.52. The average Bonchev–Trinajstić information content (AvgIpc) is 2.42. The van der Waals surface area contributed by atoms with Gasteiger partial charge in [0.15, 0.2) is 0 Å². The maximum atomic E-state index is 12.2. The zero-order valence-corrected chi connectivity index (χ0v) is 12.5. The molecule has 3 nitrogen and oxygen atoms in total. The van der Waals surface area contributed by atoms with E-state index in [1.807, 2.05) is 0 Å². The van der Waals surface area contributed by atoms with Crippen molar-refractivity contribution in [1.82, 2.24) is 10.6 Å². The van der Waals surface area contributed by atoms with Crippen LogP contribution >= 0.6 is 11.6 Å². The third-order valence-corrected chi connectivity index (χ3v) is 6.13. The molecule has 2 fully saturated rings. The topological polar surface area (TPSA) is 41.1 Å². The third-order valence-electron chi connectivity index (χ3n) is 5.83.